The van der Waals surface area contributed by atoms with Crippen LogP contribution in [0.3, 0.4) is 0 Å². The average molecular weight is 407 g/mol. The summed E-state index contributed by atoms with van der Waals surface area (Å²) in [7, 11) is 0. The van der Waals surface area contributed by atoms with E-state index in [-0.39, 0.29) is 5.92 Å². The lowest BCUT2D eigenvalue weighted by molar-refractivity contribution is 0.306. The molecule has 0 N–H and O–H groups in total. The van der Waals surface area contributed by atoms with E-state index in [0.717, 1.165) is 22.6 Å². The van der Waals surface area contributed by atoms with Crippen molar-refractivity contribution < 1.29 is 9.47 Å². The summed E-state index contributed by atoms with van der Waals surface area (Å²) in [4.78, 5) is 0. The smallest absolute Gasteiger partial charge is 0.119 e. The maximum absolute atomic E-state index is 5.90. The summed E-state index contributed by atoms with van der Waals surface area (Å²) in [6.07, 6.45) is 1.97. The Morgan fingerprint density at radius 2 is 0.935 bits per heavy atom. The minimum absolute atomic E-state index is 0.117. The zero-order chi connectivity index (χ0) is 21.3. The quantitative estimate of drug-likeness (QED) is 0.275. The maximum atomic E-state index is 5.90. The molecule has 0 saturated heterocycles. The van der Waals surface area contributed by atoms with Crippen LogP contribution in [-0.2, 0) is 13.2 Å². The van der Waals surface area contributed by atoms with Crippen LogP contribution >= 0.6 is 0 Å². The van der Waals surface area contributed by atoms with E-state index in [4.69, 9.17) is 9.47 Å². The molecule has 0 amide bonds. The van der Waals surface area contributed by atoms with Gasteiger partial charge in [-0.1, -0.05) is 91.0 Å². The van der Waals surface area contributed by atoms with Gasteiger partial charge in [0.05, 0.1) is 0 Å². The molecule has 4 aromatic rings. The first kappa shape index (κ1) is 20.5. The molecule has 0 atom stereocenters. The molecule has 0 fully saturated rings. The molecule has 2 nitrogen and oxygen atoms in total. The SMILES string of the molecule is C=CC(c1ccc(OCc2ccccc2)cc1)c1ccc(OCc2ccccc2)cc1. The monoisotopic (exact) mass is 406 g/mol. The first-order valence-corrected chi connectivity index (χ1v) is 10.5. The molecule has 0 unspecified atom stereocenters. The molecule has 0 heterocycles. The van der Waals surface area contributed by atoms with Gasteiger partial charge >= 0.3 is 0 Å². The van der Waals surface area contributed by atoms with Crippen molar-refractivity contribution in [2.24, 2.45) is 0 Å². The van der Waals surface area contributed by atoms with Crippen LogP contribution in [0.1, 0.15) is 28.2 Å². The molecule has 0 aliphatic heterocycles. The van der Waals surface area contributed by atoms with E-state index < -0.39 is 0 Å². The fourth-order valence-corrected chi connectivity index (χ4v) is 3.49. The summed E-state index contributed by atoms with van der Waals surface area (Å²) in [5.74, 6) is 1.84. The molecular formula is C29H26O2. The van der Waals surface area contributed by atoms with E-state index in [2.05, 4.69) is 55.1 Å². The normalized spacial score (nSPS) is 10.6. The van der Waals surface area contributed by atoms with Crippen LogP contribution in [-0.4, -0.2) is 0 Å². The topological polar surface area (TPSA) is 18.5 Å². The maximum Gasteiger partial charge on any atom is 0.119 e. The van der Waals surface area contributed by atoms with Crippen molar-refractivity contribution in [1.82, 2.24) is 0 Å². The van der Waals surface area contributed by atoms with E-state index in [1.165, 1.54) is 11.1 Å². The van der Waals surface area contributed by atoms with Gasteiger partial charge in [-0.15, -0.1) is 6.58 Å². The molecule has 2 heteroatoms. The number of allylic oxidation sites excluding steroid dienone is 1. The highest BCUT2D eigenvalue weighted by Crippen LogP contribution is 2.29. The molecule has 0 radical (unpaired) electrons. The predicted molar refractivity (Wildman–Crippen MR) is 126 cm³/mol. The van der Waals surface area contributed by atoms with E-state index in [1.807, 2.05) is 66.7 Å². The molecule has 0 aliphatic carbocycles. The summed E-state index contributed by atoms with van der Waals surface area (Å²) < 4.78 is 11.8. The average Bonchev–Trinajstić information content (AvgIpc) is 2.85. The molecule has 31 heavy (non-hydrogen) atoms. The standard InChI is InChI=1S/C29H26O2/c1-2-29(25-13-17-27(18-14-25)30-21-23-9-5-3-6-10-23)26-15-19-28(20-16-26)31-22-24-11-7-4-8-12-24/h2-20,29H,1,21-22H2. The van der Waals surface area contributed by atoms with Crippen molar-refractivity contribution in [2.45, 2.75) is 19.1 Å². The van der Waals surface area contributed by atoms with Gasteiger partial charge in [0.15, 0.2) is 0 Å². The Labute approximate surface area is 184 Å². The Hall–Kier alpha value is -3.78. The third-order valence-electron chi connectivity index (χ3n) is 5.21. The number of rotatable bonds is 9. The fourth-order valence-electron chi connectivity index (χ4n) is 3.49. The van der Waals surface area contributed by atoms with E-state index in [0.29, 0.717) is 13.2 Å². The predicted octanol–water partition coefficient (Wildman–Crippen LogP) is 7.16. The van der Waals surface area contributed by atoms with Crippen molar-refractivity contribution in [3.8, 4) is 11.5 Å². The van der Waals surface area contributed by atoms with Crippen LogP contribution in [0, 0.1) is 0 Å². The first-order valence-electron chi connectivity index (χ1n) is 10.5. The van der Waals surface area contributed by atoms with Crippen LogP contribution < -0.4 is 9.47 Å². The van der Waals surface area contributed by atoms with Crippen molar-refractivity contribution in [3.63, 3.8) is 0 Å². The summed E-state index contributed by atoms with van der Waals surface area (Å²) in [5, 5.41) is 0. The molecule has 154 valence electrons. The first-order chi connectivity index (χ1) is 15.3. The van der Waals surface area contributed by atoms with Crippen molar-refractivity contribution >= 4 is 0 Å². The minimum atomic E-state index is 0.117. The number of hydrogen-bond acceptors (Lipinski definition) is 2. The van der Waals surface area contributed by atoms with E-state index in [9.17, 15) is 0 Å². The molecule has 4 rings (SSSR count). The molecule has 0 aromatic heterocycles. The second-order valence-electron chi connectivity index (χ2n) is 7.40. The number of benzene rings is 4. The summed E-state index contributed by atoms with van der Waals surface area (Å²) >= 11 is 0. The van der Waals surface area contributed by atoms with Gasteiger partial charge in [-0.05, 0) is 46.5 Å². The molecule has 0 bridgehead atoms. The highest BCUT2D eigenvalue weighted by atomic mass is 16.5. The molecule has 4 aromatic carbocycles. The van der Waals surface area contributed by atoms with Crippen molar-refractivity contribution in [2.75, 3.05) is 0 Å². The number of hydrogen-bond donors (Lipinski definition) is 0. The highest BCUT2D eigenvalue weighted by molar-refractivity contribution is 5.41. The number of ether oxygens (including phenoxy) is 2. The lowest BCUT2D eigenvalue weighted by Gasteiger charge is -2.15. The lowest BCUT2D eigenvalue weighted by Crippen LogP contribution is -2.00. The minimum Gasteiger partial charge on any atom is -0.489 e. The Morgan fingerprint density at radius 3 is 1.29 bits per heavy atom. The van der Waals surface area contributed by atoms with Gasteiger partial charge in [0.1, 0.15) is 24.7 Å². The second kappa shape index (κ2) is 10.3. The van der Waals surface area contributed by atoms with E-state index in [1.54, 1.807) is 0 Å². The Balaban J connectivity index is 1.38. The van der Waals surface area contributed by atoms with Crippen LogP contribution in [0.4, 0.5) is 0 Å². The molecule has 0 spiro atoms. The Bertz CT molecular complexity index is 982. The van der Waals surface area contributed by atoms with E-state index >= 15 is 0 Å². The van der Waals surface area contributed by atoms with Gasteiger partial charge in [0, 0.05) is 5.92 Å². The third kappa shape index (κ3) is 5.64. The molecular weight excluding hydrogens is 380 g/mol. The summed E-state index contributed by atoms with van der Waals surface area (Å²) in [6.45, 7) is 5.18. The molecule has 0 aliphatic rings. The van der Waals surface area contributed by atoms with Gasteiger partial charge in [0.2, 0.25) is 0 Å². The lowest BCUT2D eigenvalue weighted by atomic mass is 9.91. The highest BCUT2D eigenvalue weighted by Gasteiger charge is 2.11. The zero-order valence-electron chi connectivity index (χ0n) is 17.5. The Kier molecular flexibility index (Phi) is 6.81. The van der Waals surface area contributed by atoms with Crippen LogP contribution in [0.2, 0.25) is 0 Å². The zero-order valence-corrected chi connectivity index (χ0v) is 17.5. The van der Waals surface area contributed by atoms with Crippen LogP contribution in [0.15, 0.2) is 122 Å². The van der Waals surface area contributed by atoms with Gasteiger partial charge in [0.25, 0.3) is 0 Å². The second-order valence-corrected chi connectivity index (χ2v) is 7.40. The van der Waals surface area contributed by atoms with Crippen molar-refractivity contribution in [1.29, 1.82) is 0 Å². The summed E-state index contributed by atoms with van der Waals surface area (Å²) in [5.41, 5.74) is 4.68. The van der Waals surface area contributed by atoms with Gasteiger partial charge in [-0.3, -0.25) is 0 Å². The molecule has 0 saturated carbocycles. The fraction of sp³-hybridized carbons (Fsp3) is 0.103. The largest absolute Gasteiger partial charge is 0.489 e. The van der Waals surface area contributed by atoms with Gasteiger partial charge < -0.3 is 9.47 Å². The van der Waals surface area contributed by atoms with Gasteiger partial charge in [-0.25, -0.2) is 0 Å². The van der Waals surface area contributed by atoms with Crippen LogP contribution in [0.5, 0.6) is 11.5 Å². The summed E-state index contributed by atoms with van der Waals surface area (Å²) in [6, 6.07) is 36.9. The van der Waals surface area contributed by atoms with Crippen molar-refractivity contribution in [3.05, 3.63) is 144 Å². The Morgan fingerprint density at radius 1 is 0.548 bits per heavy atom. The van der Waals surface area contributed by atoms with Gasteiger partial charge in [-0.2, -0.15) is 0 Å². The van der Waals surface area contributed by atoms with Crippen LogP contribution in [0.25, 0.3) is 0 Å². The third-order valence-corrected chi connectivity index (χ3v) is 5.21.